The van der Waals surface area contributed by atoms with Crippen molar-refractivity contribution in [2.45, 2.75) is 13.3 Å². The lowest BCUT2D eigenvalue weighted by atomic mass is 10.3. The number of aromatic amines is 1. The summed E-state index contributed by atoms with van der Waals surface area (Å²) >= 11 is 5.36. The molecule has 0 amide bonds. The molecular weight excluding hydrogens is 223 g/mol. The van der Waals surface area contributed by atoms with Gasteiger partial charge in [0.15, 0.2) is 5.15 Å². The zero-order valence-electron chi connectivity index (χ0n) is 6.91. The number of hydrogen-bond donors (Lipinski definition) is 1. The molecule has 0 saturated carbocycles. The molecule has 1 heterocycles. The molecule has 1 aromatic rings. The molecule has 0 atom stereocenters. The predicted octanol–water partition coefficient (Wildman–Crippen LogP) is 2.24. The van der Waals surface area contributed by atoms with Crippen LogP contribution in [0.4, 0.5) is 13.2 Å². The minimum atomic E-state index is -4.92. The van der Waals surface area contributed by atoms with E-state index >= 15 is 0 Å². The van der Waals surface area contributed by atoms with E-state index < -0.39 is 22.7 Å². The van der Waals surface area contributed by atoms with Crippen molar-refractivity contribution >= 4 is 11.6 Å². The largest absolute Gasteiger partial charge is 0.573 e. The molecule has 1 rings (SSSR count). The van der Waals surface area contributed by atoms with Gasteiger partial charge in [-0.25, -0.2) is 0 Å². The topological polar surface area (TPSA) is 42.1 Å². The molecule has 0 bridgehead atoms. The van der Waals surface area contributed by atoms with Crippen molar-refractivity contribution in [2.24, 2.45) is 0 Å². The van der Waals surface area contributed by atoms with Gasteiger partial charge in [0, 0.05) is 11.8 Å². The number of aromatic nitrogens is 1. The Morgan fingerprint density at radius 3 is 2.50 bits per heavy atom. The number of ether oxygens (including phenoxy) is 1. The number of rotatable bonds is 1. The summed E-state index contributed by atoms with van der Waals surface area (Å²) in [6, 6.07) is 0.965. The summed E-state index contributed by atoms with van der Waals surface area (Å²) in [6.45, 7) is 1.49. The standard InChI is InChI=1S/C7H5ClF3NO2/c1-3-2-4(13)5(6(8)12-3)14-7(9,10)11/h2H,1H3,(H,12,13). The van der Waals surface area contributed by atoms with E-state index in [0.29, 0.717) is 5.69 Å². The summed E-state index contributed by atoms with van der Waals surface area (Å²) < 4.78 is 38.7. The quantitative estimate of drug-likeness (QED) is 0.748. The smallest absolute Gasteiger partial charge is 0.398 e. The molecule has 0 radical (unpaired) electrons. The molecule has 78 valence electrons. The van der Waals surface area contributed by atoms with E-state index in [1.54, 1.807) is 0 Å². The first-order chi connectivity index (χ1) is 6.29. The Bertz CT molecular complexity index is 399. The predicted molar refractivity (Wildman–Crippen MR) is 43.5 cm³/mol. The first-order valence-corrected chi connectivity index (χ1v) is 3.82. The van der Waals surface area contributed by atoms with Gasteiger partial charge in [-0.3, -0.25) is 4.79 Å². The molecule has 0 saturated heterocycles. The minimum absolute atomic E-state index is 0.356. The Hall–Kier alpha value is -1.17. The van der Waals surface area contributed by atoms with Crippen LogP contribution in [0.2, 0.25) is 5.15 Å². The van der Waals surface area contributed by atoms with Gasteiger partial charge in [-0.15, -0.1) is 13.2 Å². The van der Waals surface area contributed by atoms with Crippen LogP contribution in [0.1, 0.15) is 5.69 Å². The lowest BCUT2D eigenvalue weighted by molar-refractivity contribution is -0.275. The third-order valence-electron chi connectivity index (χ3n) is 1.30. The van der Waals surface area contributed by atoms with Gasteiger partial charge in [0.2, 0.25) is 11.2 Å². The summed E-state index contributed by atoms with van der Waals surface area (Å²) in [6.07, 6.45) is -4.92. The number of alkyl halides is 3. The molecule has 0 aromatic carbocycles. The molecule has 1 N–H and O–H groups in total. The number of H-pyrrole nitrogens is 1. The van der Waals surface area contributed by atoms with Gasteiger partial charge in [0.05, 0.1) is 0 Å². The molecule has 3 nitrogen and oxygen atoms in total. The average Bonchev–Trinajstić information content (AvgIpc) is 1.95. The monoisotopic (exact) mass is 227 g/mol. The van der Waals surface area contributed by atoms with Crippen molar-refractivity contribution in [2.75, 3.05) is 0 Å². The van der Waals surface area contributed by atoms with Gasteiger partial charge in [-0.1, -0.05) is 11.6 Å². The van der Waals surface area contributed by atoms with Crippen LogP contribution in [0.5, 0.6) is 5.75 Å². The molecular formula is C7H5ClF3NO2. The lowest BCUT2D eigenvalue weighted by Gasteiger charge is -2.09. The molecule has 0 spiro atoms. The molecule has 0 aliphatic carbocycles. The van der Waals surface area contributed by atoms with Crippen LogP contribution < -0.4 is 10.2 Å². The van der Waals surface area contributed by atoms with E-state index in [1.165, 1.54) is 6.92 Å². The van der Waals surface area contributed by atoms with Gasteiger partial charge in [-0.05, 0) is 6.92 Å². The van der Waals surface area contributed by atoms with E-state index in [1.807, 2.05) is 0 Å². The fourth-order valence-corrected chi connectivity index (χ4v) is 1.13. The fraction of sp³-hybridized carbons (Fsp3) is 0.286. The van der Waals surface area contributed by atoms with E-state index in [9.17, 15) is 18.0 Å². The van der Waals surface area contributed by atoms with Crippen LogP contribution in [-0.4, -0.2) is 11.3 Å². The second-order valence-corrected chi connectivity index (χ2v) is 2.89. The first-order valence-electron chi connectivity index (χ1n) is 3.45. The van der Waals surface area contributed by atoms with E-state index in [-0.39, 0.29) is 0 Å². The number of aryl methyl sites for hydroxylation is 1. The zero-order chi connectivity index (χ0) is 10.9. The Balaban J connectivity index is 3.16. The molecule has 14 heavy (non-hydrogen) atoms. The van der Waals surface area contributed by atoms with Gasteiger partial charge in [0.1, 0.15) is 0 Å². The van der Waals surface area contributed by atoms with Gasteiger partial charge in [-0.2, -0.15) is 0 Å². The van der Waals surface area contributed by atoms with E-state index in [0.717, 1.165) is 6.07 Å². The Morgan fingerprint density at radius 2 is 2.07 bits per heavy atom. The molecule has 0 unspecified atom stereocenters. The number of halogens is 4. The molecule has 0 fully saturated rings. The number of pyridine rings is 1. The molecule has 0 aliphatic rings. The van der Waals surface area contributed by atoms with Crippen LogP contribution in [0, 0.1) is 6.92 Å². The SMILES string of the molecule is Cc1cc(=O)c(OC(F)(F)F)c(Cl)[nH]1. The average molecular weight is 228 g/mol. The normalized spacial score (nSPS) is 11.5. The Morgan fingerprint density at radius 1 is 1.50 bits per heavy atom. The second-order valence-electron chi connectivity index (χ2n) is 2.51. The maximum Gasteiger partial charge on any atom is 0.573 e. The summed E-state index contributed by atoms with van der Waals surface area (Å²) in [5.74, 6) is -0.940. The highest BCUT2D eigenvalue weighted by Crippen LogP contribution is 2.25. The maximum atomic E-state index is 11.8. The highest BCUT2D eigenvalue weighted by Gasteiger charge is 2.33. The van der Waals surface area contributed by atoms with Gasteiger partial charge in [0.25, 0.3) is 0 Å². The molecule has 7 heteroatoms. The van der Waals surface area contributed by atoms with Crippen molar-refractivity contribution in [1.82, 2.24) is 4.98 Å². The van der Waals surface area contributed by atoms with Crippen molar-refractivity contribution in [3.63, 3.8) is 0 Å². The maximum absolute atomic E-state index is 11.8. The summed E-state index contributed by atoms with van der Waals surface area (Å²) in [7, 11) is 0. The highest BCUT2D eigenvalue weighted by atomic mass is 35.5. The zero-order valence-corrected chi connectivity index (χ0v) is 7.66. The lowest BCUT2D eigenvalue weighted by Crippen LogP contribution is -2.22. The van der Waals surface area contributed by atoms with Crippen molar-refractivity contribution in [1.29, 1.82) is 0 Å². The van der Waals surface area contributed by atoms with Crippen molar-refractivity contribution in [3.8, 4) is 5.75 Å². The Kier molecular flexibility index (Phi) is 2.75. The number of hydrogen-bond acceptors (Lipinski definition) is 2. The van der Waals surface area contributed by atoms with Crippen LogP contribution in [0.15, 0.2) is 10.9 Å². The van der Waals surface area contributed by atoms with Gasteiger partial charge >= 0.3 is 6.36 Å². The third kappa shape index (κ3) is 2.66. The van der Waals surface area contributed by atoms with Gasteiger partial charge < -0.3 is 9.72 Å². The highest BCUT2D eigenvalue weighted by molar-refractivity contribution is 6.30. The minimum Gasteiger partial charge on any atom is -0.398 e. The first kappa shape index (κ1) is 10.9. The van der Waals surface area contributed by atoms with Crippen molar-refractivity contribution in [3.05, 3.63) is 27.1 Å². The fourth-order valence-electron chi connectivity index (χ4n) is 0.847. The third-order valence-corrected chi connectivity index (χ3v) is 1.56. The van der Waals surface area contributed by atoms with E-state index in [2.05, 4.69) is 9.72 Å². The molecule has 1 aromatic heterocycles. The van der Waals surface area contributed by atoms with Crippen LogP contribution >= 0.6 is 11.6 Å². The van der Waals surface area contributed by atoms with Crippen LogP contribution in [-0.2, 0) is 0 Å². The van der Waals surface area contributed by atoms with E-state index in [4.69, 9.17) is 11.6 Å². The molecule has 0 aliphatic heterocycles. The summed E-state index contributed by atoms with van der Waals surface area (Å²) in [5.41, 5.74) is -0.557. The Labute approximate surface area is 81.5 Å². The summed E-state index contributed by atoms with van der Waals surface area (Å²) in [5, 5.41) is -0.465. The van der Waals surface area contributed by atoms with Crippen LogP contribution in [0.25, 0.3) is 0 Å². The van der Waals surface area contributed by atoms with Crippen molar-refractivity contribution < 1.29 is 17.9 Å². The second kappa shape index (κ2) is 3.53. The van der Waals surface area contributed by atoms with Crippen LogP contribution in [0.3, 0.4) is 0 Å². The summed E-state index contributed by atoms with van der Waals surface area (Å²) in [4.78, 5) is 13.4. The number of nitrogens with one attached hydrogen (secondary N) is 1.